The van der Waals surface area contributed by atoms with Gasteiger partial charge in [-0.25, -0.2) is 0 Å². The maximum absolute atomic E-state index is 5.26. The van der Waals surface area contributed by atoms with Gasteiger partial charge in [-0.2, -0.15) is 0 Å². The van der Waals surface area contributed by atoms with Crippen LogP contribution in [0.3, 0.4) is 0 Å². The fourth-order valence-corrected chi connectivity index (χ4v) is 2.65. The zero-order chi connectivity index (χ0) is 14.6. The Morgan fingerprint density at radius 1 is 1.30 bits per heavy atom. The van der Waals surface area contributed by atoms with E-state index in [1.165, 1.54) is 23.2 Å². The molecule has 1 aromatic carbocycles. The van der Waals surface area contributed by atoms with E-state index in [-0.39, 0.29) is 5.41 Å². The third-order valence-electron chi connectivity index (χ3n) is 3.98. The first-order chi connectivity index (χ1) is 9.50. The zero-order valence-electron chi connectivity index (χ0n) is 13.2. The molecule has 0 spiro atoms. The molecule has 0 aliphatic heterocycles. The van der Waals surface area contributed by atoms with Crippen molar-refractivity contribution in [2.24, 2.45) is 0 Å². The molecule has 0 heterocycles. The van der Waals surface area contributed by atoms with Gasteiger partial charge >= 0.3 is 0 Å². The van der Waals surface area contributed by atoms with E-state index in [1.54, 1.807) is 0 Å². The Bertz CT molecular complexity index is 471. The zero-order valence-corrected chi connectivity index (χ0v) is 13.2. The van der Waals surface area contributed by atoms with Crippen LogP contribution in [0.1, 0.15) is 64.0 Å². The van der Waals surface area contributed by atoms with E-state index >= 15 is 0 Å². The molecule has 0 radical (unpaired) electrons. The first kappa shape index (κ1) is 15.1. The molecule has 1 aliphatic carbocycles. The van der Waals surface area contributed by atoms with Crippen molar-refractivity contribution in [3.8, 4) is 0 Å². The SMILES string of the molecule is CCONC1=CCC(c2cccc(C(C)(C)C)c2)CC1. The second kappa shape index (κ2) is 6.45. The van der Waals surface area contributed by atoms with E-state index in [4.69, 9.17) is 4.84 Å². The topological polar surface area (TPSA) is 21.3 Å². The highest BCUT2D eigenvalue weighted by Gasteiger charge is 2.19. The standard InChI is InChI=1S/C18H27NO/c1-5-20-19-17-11-9-14(10-12-17)15-7-6-8-16(13-15)18(2,3)4/h6-8,11,13-14,19H,5,9-10,12H2,1-4H3. The molecule has 1 unspecified atom stereocenters. The fraction of sp³-hybridized carbons (Fsp3) is 0.556. The summed E-state index contributed by atoms with van der Waals surface area (Å²) < 4.78 is 0. The van der Waals surface area contributed by atoms with E-state index in [1.807, 2.05) is 6.92 Å². The second-order valence-electron chi connectivity index (χ2n) is 6.61. The predicted octanol–water partition coefficient (Wildman–Crippen LogP) is 4.68. The number of rotatable bonds is 4. The second-order valence-corrected chi connectivity index (χ2v) is 6.61. The minimum Gasteiger partial charge on any atom is -0.277 e. The van der Waals surface area contributed by atoms with Crippen LogP contribution in [0.5, 0.6) is 0 Å². The summed E-state index contributed by atoms with van der Waals surface area (Å²) in [7, 11) is 0. The molecule has 0 saturated carbocycles. The molecule has 110 valence electrons. The Morgan fingerprint density at radius 2 is 2.10 bits per heavy atom. The molecule has 0 bridgehead atoms. The molecule has 1 aromatic rings. The first-order valence-corrected chi connectivity index (χ1v) is 7.68. The van der Waals surface area contributed by atoms with E-state index in [0.717, 1.165) is 12.8 Å². The number of hydroxylamine groups is 1. The maximum Gasteiger partial charge on any atom is 0.0717 e. The molecule has 1 aliphatic rings. The van der Waals surface area contributed by atoms with E-state index in [9.17, 15) is 0 Å². The first-order valence-electron chi connectivity index (χ1n) is 7.68. The Balaban J connectivity index is 2.05. The number of allylic oxidation sites excluding steroid dienone is 2. The van der Waals surface area contributed by atoms with Crippen molar-refractivity contribution in [1.82, 2.24) is 5.48 Å². The van der Waals surface area contributed by atoms with Gasteiger partial charge in [-0.1, -0.05) is 51.1 Å². The smallest absolute Gasteiger partial charge is 0.0717 e. The summed E-state index contributed by atoms with van der Waals surface area (Å²) in [5.74, 6) is 0.643. The summed E-state index contributed by atoms with van der Waals surface area (Å²) in [6.07, 6.45) is 5.65. The van der Waals surface area contributed by atoms with Crippen molar-refractivity contribution in [3.05, 3.63) is 47.2 Å². The van der Waals surface area contributed by atoms with Crippen molar-refractivity contribution in [3.63, 3.8) is 0 Å². The van der Waals surface area contributed by atoms with Gasteiger partial charge in [-0.3, -0.25) is 10.3 Å². The van der Waals surface area contributed by atoms with Gasteiger partial charge in [-0.15, -0.1) is 0 Å². The van der Waals surface area contributed by atoms with Crippen LogP contribution in [0.25, 0.3) is 0 Å². The average Bonchev–Trinajstić information content (AvgIpc) is 2.45. The van der Waals surface area contributed by atoms with Crippen LogP contribution >= 0.6 is 0 Å². The normalized spacial score (nSPS) is 19.6. The van der Waals surface area contributed by atoms with Gasteiger partial charge in [0.2, 0.25) is 0 Å². The Morgan fingerprint density at radius 3 is 2.70 bits per heavy atom. The molecule has 1 N–H and O–H groups in total. The largest absolute Gasteiger partial charge is 0.277 e. The van der Waals surface area contributed by atoms with Gasteiger partial charge in [0.05, 0.1) is 6.61 Å². The van der Waals surface area contributed by atoms with Crippen LogP contribution < -0.4 is 5.48 Å². The van der Waals surface area contributed by atoms with Crippen LogP contribution in [-0.4, -0.2) is 6.61 Å². The number of benzene rings is 1. The maximum atomic E-state index is 5.26. The van der Waals surface area contributed by atoms with E-state index < -0.39 is 0 Å². The summed E-state index contributed by atoms with van der Waals surface area (Å²) >= 11 is 0. The highest BCUT2D eigenvalue weighted by atomic mass is 16.6. The summed E-state index contributed by atoms with van der Waals surface area (Å²) in [4.78, 5) is 5.26. The van der Waals surface area contributed by atoms with E-state index in [0.29, 0.717) is 12.5 Å². The van der Waals surface area contributed by atoms with Crippen molar-refractivity contribution in [1.29, 1.82) is 0 Å². The minimum atomic E-state index is 0.224. The molecule has 2 nitrogen and oxygen atoms in total. The van der Waals surface area contributed by atoms with Crippen molar-refractivity contribution >= 4 is 0 Å². The summed E-state index contributed by atoms with van der Waals surface area (Å²) in [5, 5.41) is 0. The quantitative estimate of drug-likeness (QED) is 0.804. The monoisotopic (exact) mass is 273 g/mol. The van der Waals surface area contributed by atoms with Gasteiger partial charge in [0.1, 0.15) is 0 Å². The Kier molecular flexibility index (Phi) is 4.87. The van der Waals surface area contributed by atoms with Gasteiger partial charge in [-0.05, 0) is 48.6 Å². The van der Waals surface area contributed by atoms with Crippen LogP contribution in [-0.2, 0) is 10.3 Å². The molecule has 0 amide bonds. The summed E-state index contributed by atoms with van der Waals surface area (Å²) in [5.41, 5.74) is 7.40. The third-order valence-corrected chi connectivity index (χ3v) is 3.98. The molecule has 1 atom stereocenters. The molecule has 0 fully saturated rings. The molecular weight excluding hydrogens is 246 g/mol. The highest BCUT2D eigenvalue weighted by molar-refractivity contribution is 5.32. The van der Waals surface area contributed by atoms with Gasteiger partial charge in [0, 0.05) is 5.70 Å². The molecule has 2 rings (SSSR count). The lowest BCUT2D eigenvalue weighted by Gasteiger charge is -2.25. The average molecular weight is 273 g/mol. The Labute approximate surface area is 123 Å². The molecule has 0 aromatic heterocycles. The summed E-state index contributed by atoms with van der Waals surface area (Å²) in [6.45, 7) is 9.52. The predicted molar refractivity (Wildman–Crippen MR) is 84.6 cm³/mol. The highest BCUT2D eigenvalue weighted by Crippen LogP contribution is 2.33. The van der Waals surface area contributed by atoms with Crippen LogP contribution in [0.2, 0.25) is 0 Å². The van der Waals surface area contributed by atoms with E-state index in [2.05, 4.69) is 56.6 Å². The van der Waals surface area contributed by atoms with Gasteiger partial charge < -0.3 is 0 Å². The van der Waals surface area contributed by atoms with Gasteiger partial charge in [0.15, 0.2) is 0 Å². The van der Waals surface area contributed by atoms with Crippen molar-refractivity contribution < 1.29 is 4.84 Å². The lowest BCUT2D eigenvalue weighted by molar-refractivity contribution is 0.0695. The molecule has 0 saturated heterocycles. The van der Waals surface area contributed by atoms with Gasteiger partial charge in [0.25, 0.3) is 0 Å². The van der Waals surface area contributed by atoms with Crippen LogP contribution in [0, 0.1) is 0 Å². The molecular formula is C18H27NO. The fourth-order valence-electron chi connectivity index (χ4n) is 2.65. The number of hydrogen-bond donors (Lipinski definition) is 1. The number of nitrogens with one attached hydrogen (secondary N) is 1. The summed E-state index contributed by atoms with van der Waals surface area (Å²) in [6, 6.07) is 9.10. The van der Waals surface area contributed by atoms with Crippen LogP contribution in [0.15, 0.2) is 36.0 Å². The van der Waals surface area contributed by atoms with Crippen LogP contribution in [0.4, 0.5) is 0 Å². The molecule has 2 heteroatoms. The minimum absolute atomic E-state index is 0.224. The van der Waals surface area contributed by atoms with Crippen molar-refractivity contribution in [2.45, 2.75) is 58.3 Å². The lowest BCUT2D eigenvalue weighted by atomic mass is 9.81. The third kappa shape index (κ3) is 3.86. The molecule has 20 heavy (non-hydrogen) atoms. The Hall–Kier alpha value is -1.28. The van der Waals surface area contributed by atoms with Crippen molar-refractivity contribution in [2.75, 3.05) is 6.61 Å². The number of hydrogen-bond acceptors (Lipinski definition) is 2. The lowest BCUT2D eigenvalue weighted by Crippen LogP contribution is -2.18.